The Morgan fingerprint density at radius 3 is 2.77 bits per heavy atom. The highest BCUT2D eigenvalue weighted by atomic mass is 16.4. The number of anilines is 1. The van der Waals surface area contributed by atoms with Crippen molar-refractivity contribution in [2.45, 2.75) is 0 Å². The maximum atomic E-state index is 10.2. The maximum absolute atomic E-state index is 10.2. The Bertz CT molecular complexity index is 334. The molecule has 0 heterocycles. The lowest BCUT2D eigenvalue weighted by molar-refractivity contribution is -0.131. The van der Waals surface area contributed by atoms with Crippen LogP contribution in [0.25, 0.3) is 6.08 Å². The van der Waals surface area contributed by atoms with Crippen molar-refractivity contribution in [1.29, 1.82) is 0 Å². The molecule has 0 unspecified atom stereocenters. The number of nitrogens with one attached hydrogen (secondary N) is 1. The zero-order chi connectivity index (χ0) is 9.68. The van der Waals surface area contributed by atoms with Gasteiger partial charge in [-0.25, -0.2) is 4.79 Å². The number of hydrogen-bond donors (Lipinski definition) is 3. The molecule has 0 amide bonds. The fourth-order valence-corrected chi connectivity index (χ4v) is 0.935. The van der Waals surface area contributed by atoms with E-state index in [1.165, 1.54) is 6.08 Å². The summed E-state index contributed by atoms with van der Waals surface area (Å²) in [5, 5.41) is 8.40. The number of hydrazine groups is 1. The Kier molecular flexibility index (Phi) is 3.05. The second-order valence-electron chi connectivity index (χ2n) is 2.40. The SMILES string of the molecule is NNc1ccccc1/C=C/C(=O)O. The monoisotopic (exact) mass is 178 g/mol. The fourth-order valence-electron chi connectivity index (χ4n) is 0.935. The van der Waals surface area contributed by atoms with E-state index in [0.717, 1.165) is 11.6 Å². The van der Waals surface area contributed by atoms with Gasteiger partial charge < -0.3 is 10.5 Å². The van der Waals surface area contributed by atoms with Crippen LogP contribution in [-0.4, -0.2) is 11.1 Å². The molecule has 13 heavy (non-hydrogen) atoms. The van der Waals surface area contributed by atoms with Crippen molar-refractivity contribution in [2.24, 2.45) is 5.84 Å². The first-order chi connectivity index (χ1) is 6.24. The average Bonchev–Trinajstić information content (AvgIpc) is 2.15. The van der Waals surface area contributed by atoms with Crippen LogP contribution < -0.4 is 11.3 Å². The van der Waals surface area contributed by atoms with Gasteiger partial charge in [-0.05, 0) is 17.7 Å². The smallest absolute Gasteiger partial charge is 0.328 e. The zero-order valence-electron chi connectivity index (χ0n) is 6.90. The molecule has 0 aliphatic carbocycles. The Hall–Kier alpha value is -1.81. The molecule has 1 aromatic carbocycles. The predicted octanol–water partition coefficient (Wildman–Crippen LogP) is 1.07. The van der Waals surface area contributed by atoms with E-state index < -0.39 is 5.97 Å². The van der Waals surface area contributed by atoms with Gasteiger partial charge in [0, 0.05) is 6.08 Å². The third kappa shape index (κ3) is 2.61. The highest BCUT2D eigenvalue weighted by Gasteiger charge is 1.95. The average molecular weight is 178 g/mol. The number of nitrogen functional groups attached to an aromatic ring is 1. The molecule has 0 fully saturated rings. The summed E-state index contributed by atoms with van der Waals surface area (Å²) in [7, 11) is 0. The van der Waals surface area contributed by atoms with Crippen molar-refractivity contribution in [3.05, 3.63) is 35.9 Å². The lowest BCUT2D eigenvalue weighted by atomic mass is 10.1. The molecule has 68 valence electrons. The molecular weight excluding hydrogens is 168 g/mol. The van der Waals surface area contributed by atoms with Gasteiger partial charge in [-0.2, -0.15) is 0 Å². The van der Waals surface area contributed by atoms with Crippen molar-refractivity contribution in [2.75, 3.05) is 5.43 Å². The number of carboxylic acid groups (broad SMARTS) is 1. The second-order valence-corrected chi connectivity index (χ2v) is 2.40. The van der Waals surface area contributed by atoms with Crippen LogP contribution in [-0.2, 0) is 4.79 Å². The van der Waals surface area contributed by atoms with E-state index in [9.17, 15) is 4.79 Å². The van der Waals surface area contributed by atoms with Crippen LogP contribution in [0.4, 0.5) is 5.69 Å². The van der Waals surface area contributed by atoms with Gasteiger partial charge in [-0.15, -0.1) is 0 Å². The van der Waals surface area contributed by atoms with Gasteiger partial charge in [0.05, 0.1) is 5.69 Å². The summed E-state index contributed by atoms with van der Waals surface area (Å²) in [6, 6.07) is 7.16. The molecule has 1 aromatic rings. The molecule has 0 radical (unpaired) electrons. The normalized spacial score (nSPS) is 10.2. The highest BCUT2D eigenvalue weighted by molar-refractivity contribution is 5.86. The van der Waals surface area contributed by atoms with Gasteiger partial charge in [-0.1, -0.05) is 18.2 Å². The van der Waals surface area contributed by atoms with Crippen molar-refractivity contribution in [3.8, 4) is 0 Å². The van der Waals surface area contributed by atoms with Gasteiger partial charge in [0.1, 0.15) is 0 Å². The predicted molar refractivity (Wildman–Crippen MR) is 50.9 cm³/mol. The number of carbonyl (C=O) groups is 1. The number of carboxylic acids is 1. The summed E-state index contributed by atoms with van der Waals surface area (Å²) in [4.78, 5) is 10.2. The van der Waals surface area contributed by atoms with Gasteiger partial charge in [0.15, 0.2) is 0 Å². The minimum atomic E-state index is -0.980. The topological polar surface area (TPSA) is 75.3 Å². The largest absolute Gasteiger partial charge is 0.478 e. The van der Waals surface area contributed by atoms with E-state index in [-0.39, 0.29) is 0 Å². The van der Waals surface area contributed by atoms with Gasteiger partial charge in [-0.3, -0.25) is 5.84 Å². The number of aliphatic carboxylic acids is 1. The van der Waals surface area contributed by atoms with Crippen LogP contribution in [0.15, 0.2) is 30.3 Å². The standard InChI is InChI=1S/C9H10N2O2/c10-11-8-4-2-1-3-7(8)5-6-9(12)13/h1-6,11H,10H2,(H,12,13)/b6-5+. The Morgan fingerprint density at radius 2 is 2.15 bits per heavy atom. The van der Waals surface area contributed by atoms with E-state index in [1.807, 2.05) is 12.1 Å². The fraction of sp³-hybridized carbons (Fsp3) is 0. The molecule has 0 bridgehead atoms. The molecule has 1 rings (SSSR count). The van der Waals surface area contributed by atoms with Crippen molar-refractivity contribution in [1.82, 2.24) is 0 Å². The number of benzene rings is 1. The second kappa shape index (κ2) is 4.27. The molecule has 4 N–H and O–H groups in total. The van der Waals surface area contributed by atoms with Crippen molar-refractivity contribution < 1.29 is 9.90 Å². The minimum Gasteiger partial charge on any atom is -0.478 e. The molecule has 4 nitrogen and oxygen atoms in total. The first-order valence-electron chi connectivity index (χ1n) is 3.70. The molecule has 0 aromatic heterocycles. The van der Waals surface area contributed by atoms with Gasteiger partial charge in [0.2, 0.25) is 0 Å². The molecular formula is C9H10N2O2. The summed E-state index contributed by atoms with van der Waals surface area (Å²) < 4.78 is 0. The molecule has 0 saturated heterocycles. The van der Waals surface area contributed by atoms with Gasteiger partial charge >= 0.3 is 5.97 Å². The van der Waals surface area contributed by atoms with E-state index >= 15 is 0 Å². The highest BCUT2D eigenvalue weighted by Crippen LogP contribution is 2.14. The first-order valence-corrected chi connectivity index (χ1v) is 3.70. The third-order valence-electron chi connectivity index (χ3n) is 1.52. The van der Waals surface area contributed by atoms with E-state index in [1.54, 1.807) is 12.1 Å². The quantitative estimate of drug-likeness (QED) is 0.367. The minimum absolute atomic E-state index is 0.694. The Labute approximate surface area is 75.7 Å². The van der Waals surface area contributed by atoms with E-state index in [2.05, 4.69) is 5.43 Å². The van der Waals surface area contributed by atoms with Crippen LogP contribution in [0.1, 0.15) is 5.56 Å². The number of para-hydroxylation sites is 1. The molecule has 0 saturated carbocycles. The summed E-state index contributed by atoms with van der Waals surface area (Å²) in [5.74, 6) is 4.25. The van der Waals surface area contributed by atoms with E-state index in [4.69, 9.17) is 10.9 Å². The number of rotatable bonds is 3. The summed E-state index contributed by atoms with van der Waals surface area (Å²) >= 11 is 0. The molecule has 0 atom stereocenters. The zero-order valence-corrected chi connectivity index (χ0v) is 6.90. The molecule has 0 aliphatic heterocycles. The van der Waals surface area contributed by atoms with E-state index in [0.29, 0.717) is 5.69 Å². The third-order valence-corrected chi connectivity index (χ3v) is 1.52. The maximum Gasteiger partial charge on any atom is 0.328 e. The Morgan fingerprint density at radius 1 is 1.46 bits per heavy atom. The first kappa shape index (κ1) is 9.28. The number of nitrogens with two attached hydrogens (primary N) is 1. The van der Waals surface area contributed by atoms with Crippen LogP contribution in [0.3, 0.4) is 0 Å². The molecule has 0 aliphatic rings. The van der Waals surface area contributed by atoms with Gasteiger partial charge in [0.25, 0.3) is 0 Å². The van der Waals surface area contributed by atoms with Crippen LogP contribution in [0, 0.1) is 0 Å². The lowest BCUT2D eigenvalue weighted by Crippen LogP contribution is -2.07. The Balaban J connectivity index is 2.93. The summed E-state index contributed by atoms with van der Waals surface area (Å²) in [6.07, 6.45) is 2.55. The van der Waals surface area contributed by atoms with Crippen LogP contribution in [0.5, 0.6) is 0 Å². The summed E-state index contributed by atoms with van der Waals surface area (Å²) in [6.45, 7) is 0. The molecule has 4 heteroatoms. The van der Waals surface area contributed by atoms with Crippen LogP contribution in [0.2, 0.25) is 0 Å². The summed E-state index contributed by atoms with van der Waals surface area (Å²) in [5.41, 5.74) is 3.91. The number of hydrogen-bond acceptors (Lipinski definition) is 3. The van der Waals surface area contributed by atoms with Crippen molar-refractivity contribution >= 4 is 17.7 Å². The lowest BCUT2D eigenvalue weighted by Gasteiger charge is -2.02. The van der Waals surface area contributed by atoms with Crippen LogP contribution >= 0.6 is 0 Å². The van der Waals surface area contributed by atoms with Crippen molar-refractivity contribution in [3.63, 3.8) is 0 Å². The molecule has 0 spiro atoms.